The highest BCUT2D eigenvalue weighted by atomic mass is 79.9. The van der Waals surface area contributed by atoms with Crippen molar-refractivity contribution >= 4 is 27.8 Å². The van der Waals surface area contributed by atoms with Crippen LogP contribution >= 0.6 is 15.9 Å². The van der Waals surface area contributed by atoms with E-state index in [4.69, 9.17) is 11.5 Å². The molecule has 2 aromatic rings. The molecule has 0 atom stereocenters. The van der Waals surface area contributed by atoms with Crippen molar-refractivity contribution in [1.29, 1.82) is 0 Å². The molecule has 0 unspecified atom stereocenters. The highest BCUT2D eigenvalue weighted by molar-refractivity contribution is 9.10. The number of pyridine rings is 1. The zero-order chi connectivity index (χ0) is 10.8. The number of rotatable bonds is 1. The van der Waals surface area contributed by atoms with E-state index in [1.807, 2.05) is 6.07 Å². The van der Waals surface area contributed by atoms with Crippen molar-refractivity contribution in [2.45, 2.75) is 0 Å². The molecule has 76 valence electrons. The number of aromatic nitrogens is 4. The third-order valence-electron chi connectivity index (χ3n) is 1.63. The first-order chi connectivity index (χ1) is 7.15. The average molecular weight is 267 g/mol. The molecule has 4 N–H and O–H groups in total. The summed E-state index contributed by atoms with van der Waals surface area (Å²) in [5, 5.41) is 0. The van der Waals surface area contributed by atoms with Gasteiger partial charge in [0.05, 0.1) is 0 Å². The van der Waals surface area contributed by atoms with Crippen molar-refractivity contribution in [2.24, 2.45) is 0 Å². The van der Waals surface area contributed by atoms with Crippen LogP contribution in [0.4, 0.5) is 11.9 Å². The maximum atomic E-state index is 5.45. The Morgan fingerprint density at radius 2 is 1.67 bits per heavy atom. The van der Waals surface area contributed by atoms with Crippen LogP contribution in [-0.4, -0.2) is 19.9 Å². The number of nitrogens with zero attached hydrogens (tertiary/aromatic N) is 4. The van der Waals surface area contributed by atoms with Crippen LogP contribution in [0.3, 0.4) is 0 Å². The molecule has 0 saturated carbocycles. The van der Waals surface area contributed by atoms with Crippen LogP contribution in [0.5, 0.6) is 0 Å². The Bertz CT molecular complexity index is 463. The Hall–Kier alpha value is -1.76. The van der Waals surface area contributed by atoms with E-state index in [0.717, 1.165) is 4.47 Å². The van der Waals surface area contributed by atoms with Gasteiger partial charge in [-0.3, -0.25) is 4.98 Å². The van der Waals surface area contributed by atoms with E-state index in [9.17, 15) is 0 Å². The second-order valence-corrected chi connectivity index (χ2v) is 3.65. The highest BCUT2D eigenvalue weighted by Crippen LogP contribution is 2.15. The van der Waals surface area contributed by atoms with Gasteiger partial charge in [0.1, 0.15) is 5.69 Å². The third kappa shape index (κ3) is 2.18. The van der Waals surface area contributed by atoms with Gasteiger partial charge in [0.15, 0.2) is 5.82 Å². The predicted octanol–water partition coefficient (Wildman–Crippen LogP) is 0.861. The van der Waals surface area contributed by atoms with Crippen molar-refractivity contribution in [1.82, 2.24) is 19.9 Å². The molecule has 0 aliphatic carbocycles. The van der Waals surface area contributed by atoms with Gasteiger partial charge in [-0.25, -0.2) is 0 Å². The zero-order valence-corrected chi connectivity index (χ0v) is 9.14. The second-order valence-electron chi connectivity index (χ2n) is 2.74. The first-order valence-corrected chi connectivity index (χ1v) is 4.83. The zero-order valence-electron chi connectivity index (χ0n) is 7.55. The predicted molar refractivity (Wildman–Crippen MR) is 59.6 cm³/mol. The Labute approximate surface area is 93.9 Å². The molecular weight excluding hydrogens is 260 g/mol. The second kappa shape index (κ2) is 3.77. The molecule has 7 heteroatoms. The molecule has 2 heterocycles. The van der Waals surface area contributed by atoms with E-state index in [0.29, 0.717) is 11.5 Å². The van der Waals surface area contributed by atoms with E-state index < -0.39 is 0 Å². The summed E-state index contributed by atoms with van der Waals surface area (Å²) in [5.41, 5.74) is 11.5. The van der Waals surface area contributed by atoms with Crippen molar-refractivity contribution in [3.05, 3.63) is 22.8 Å². The molecule has 6 nitrogen and oxygen atoms in total. The summed E-state index contributed by atoms with van der Waals surface area (Å²) in [6.45, 7) is 0. The van der Waals surface area contributed by atoms with Crippen LogP contribution in [-0.2, 0) is 0 Å². The number of anilines is 2. The highest BCUT2D eigenvalue weighted by Gasteiger charge is 2.05. The van der Waals surface area contributed by atoms with Crippen LogP contribution in [0.15, 0.2) is 22.8 Å². The number of nitrogen functional groups attached to an aromatic ring is 2. The first kappa shape index (κ1) is 9.78. The number of hydrogen-bond acceptors (Lipinski definition) is 6. The molecular formula is C8H7BrN6. The van der Waals surface area contributed by atoms with Crippen LogP contribution < -0.4 is 11.5 Å². The Morgan fingerprint density at radius 3 is 2.20 bits per heavy atom. The van der Waals surface area contributed by atoms with Gasteiger partial charge >= 0.3 is 0 Å². The molecule has 0 aliphatic heterocycles. The molecule has 0 amide bonds. The van der Waals surface area contributed by atoms with Crippen LogP contribution in [0.2, 0.25) is 0 Å². The molecule has 15 heavy (non-hydrogen) atoms. The van der Waals surface area contributed by atoms with Crippen LogP contribution in [0.1, 0.15) is 0 Å². The molecule has 0 saturated heterocycles. The molecule has 2 rings (SSSR count). The minimum atomic E-state index is 0.0854. The lowest BCUT2D eigenvalue weighted by molar-refractivity contribution is 1.07. The van der Waals surface area contributed by atoms with E-state index in [2.05, 4.69) is 35.9 Å². The summed E-state index contributed by atoms with van der Waals surface area (Å²) in [6, 6.07) is 3.59. The summed E-state index contributed by atoms with van der Waals surface area (Å²) in [4.78, 5) is 15.7. The van der Waals surface area contributed by atoms with Crippen molar-refractivity contribution in [3.63, 3.8) is 0 Å². The minimum absolute atomic E-state index is 0.0854. The number of hydrogen-bond donors (Lipinski definition) is 2. The van der Waals surface area contributed by atoms with Crippen molar-refractivity contribution in [3.8, 4) is 11.5 Å². The van der Waals surface area contributed by atoms with Crippen molar-refractivity contribution in [2.75, 3.05) is 11.5 Å². The van der Waals surface area contributed by atoms with E-state index in [1.165, 1.54) is 0 Å². The van der Waals surface area contributed by atoms with Gasteiger partial charge < -0.3 is 11.5 Å². The maximum absolute atomic E-state index is 5.45. The molecule has 2 aromatic heterocycles. The molecule has 0 radical (unpaired) electrons. The van der Waals surface area contributed by atoms with Crippen LogP contribution in [0, 0.1) is 0 Å². The van der Waals surface area contributed by atoms with E-state index in [-0.39, 0.29) is 11.9 Å². The van der Waals surface area contributed by atoms with Crippen molar-refractivity contribution < 1.29 is 0 Å². The molecule has 0 bridgehead atoms. The first-order valence-electron chi connectivity index (χ1n) is 4.04. The summed E-state index contributed by atoms with van der Waals surface area (Å²) in [6.07, 6.45) is 1.64. The summed E-state index contributed by atoms with van der Waals surface area (Å²) < 4.78 is 0.876. The topological polar surface area (TPSA) is 104 Å². The standard InChI is InChI=1S/C8H7BrN6/c9-4-1-2-5(12-3-4)6-13-7(10)15-8(11)14-6/h1-3H,(H4,10,11,13,14,15). The lowest BCUT2D eigenvalue weighted by Gasteiger charge is -2.00. The average Bonchev–Trinajstić information content (AvgIpc) is 2.17. The maximum Gasteiger partial charge on any atom is 0.225 e. The molecule has 0 aliphatic rings. The summed E-state index contributed by atoms with van der Waals surface area (Å²) >= 11 is 3.28. The normalized spacial score (nSPS) is 10.2. The van der Waals surface area contributed by atoms with Crippen LogP contribution in [0.25, 0.3) is 11.5 Å². The van der Waals surface area contributed by atoms with Gasteiger partial charge in [0.25, 0.3) is 0 Å². The molecule has 0 fully saturated rings. The Kier molecular flexibility index (Phi) is 2.46. The number of nitrogens with two attached hydrogens (primary N) is 2. The monoisotopic (exact) mass is 266 g/mol. The Morgan fingerprint density at radius 1 is 1.00 bits per heavy atom. The SMILES string of the molecule is Nc1nc(N)nc(-c2ccc(Br)cn2)n1. The van der Waals surface area contributed by atoms with E-state index in [1.54, 1.807) is 12.3 Å². The number of halogens is 1. The summed E-state index contributed by atoms with van der Waals surface area (Å²) in [7, 11) is 0. The largest absolute Gasteiger partial charge is 0.368 e. The minimum Gasteiger partial charge on any atom is -0.368 e. The smallest absolute Gasteiger partial charge is 0.225 e. The summed E-state index contributed by atoms with van der Waals surface area (Å²) in [5.74, 6) is 0.539. The quantitative estimate of drug-likeness (QED) is 0.794. The Balaban J connectivity index is 2.49. The van der Waals surface area contributed by atoms with Gasteiger partial charge in [-0.05, 0) is 28.1 Å². The fraction of sp³-hybridized carbons (Fsp3) is 0. The third-order valence-corrected chi connectivity index (χ3v) is 2.10. The fourth-order valence-corrected chi connectivity index (χ4v) is 1.27. The van der Waals surface area contributed by atoms with Gasteiger partial charge in [-0.2, -0.15) is 15.0 Å². The van der Waals surface area contributed by atoms with Gasteiger partial charge in [-0.1, -0.05) is 0 Å². The van der Waals surface area contributed by atoms with Gasteiger partial charge in [0, 0.05) is 10.7 Å². The van der Waals surface area contributed by atoms with Gasteiger partial charge in [-0.15, -0.1) is 0 Å². The van der Waals surface area contributed by atoms with Gasteiger partial charge in [0.2, 0.25) is 11.9 Å². The lowest BCUT2D eigenvalue weighted by Crippen LogP contribution is -2.04. The fourth-order valence-electron chi connectivity index (χ4n) is 1.03. The molecule has 0 aromatic carbocycles. The lowest BCUT2D eigenvalue weighted by atomic mass is 10.3. The van der Waals surface area contributed by atoms with E-state index >= 15 is 0 Å². The molecule has 0 spiro atoms.